The molecule has 118 valence electrons. The topological polar surface area (TPSA) is 49.3 Å². The van der Waals surface area contributed by atoms with E-state index in [1.165, 1.54) is 38.5 Å². The highest BCUT2D eigenvalue weighted by atomic mass is 16.3. The molecule has 0 aromatic heterocycles. The lowest BCUT2D eigenvalue weighted by Gasteiger charge is -2.56. The predicted molar refractivity (Wildman–Crippen MR) is 81.6 cm³/mol. The molecular weight excluding hydrogens is 262 g/mol. The molecule has 5 fully saturated rings. The summed E-state index contributed by atoms with van der Waals surface area (Å²) in [6.45, 7) is 0.687. The van der Waals surface area contributed by atoms with E-state index in [9.17, 15) is 9.90 Å². The van der Waals surface area contributed by atoms with Crippen LogP contribution in [0.3, 0.4) is 0 Å². The van der Waals surface area contributed by atoms with Crippen LogP contribution in [0, 0.1) is 29.1 Å². The van der Waals surface area contributed by atoms with Crippen LogP contribution in [-0.4, -0.2) is 23.7 Å². The summed E-state index contributed by atoms with van der Waals surface area (Å²) >= 11 is 0. The Kier molecular flexibility index (Phi) is 3.52. The Labute approximate surface area is 127 Å². The first-order valence-electron chi connectivity index (χ1n) is 9.07. The standard InChI is InChI=1S/C18H29NO2/c20-16-3-1-2-15(16)11-19-17(21)10-18-7-12-4-13(8-18)6-14(5-12)9-18/h12-16,20H,1-11H2,(H,19,21). The second-order valence-corrected chi connectivity index (χ2v) is 8.66. The molecule has 21 heavy (non-hydrogen) atoms. The van der Waals surface area contributed by atoms with E-state index in [1.807, 2.05) is 0 Å². The molecule has 4 bridgehead atoms. The minimum atomic E-state index is -0.190. The Bertz CT molecular complexity index is 384. The van der Waals surface area contributed by atoms with Gasteiger partial charge in [0.15, 0.2) is 0 Å². The van der Waals surface area contributed by atoms with Crippen LogP contribution in [0.15, 0.2) is 0 Å². The molecule has 5 rings (SSSR count). The van der Waals surface area contributed by atoms with Gasteiger partial charge in [-0.25, -0.2) is 0 Å². The van der Waals surface area contributed by atoms with Gasteiger partial charge in [-0.2, -0.15) is 0 Å². The maximum atomic E-state index is 12.4. The summed E-state index contributed by atoms with van der Waals surface area (Å²) in [5.74, 6) is 3.29. The molecule has 1 amide bonds. The molecule has 2 atom stereocenters. The third kappa shape index (κ3) is 2.74. The Morgan fingerprint density at radius 1 is 1.05 bits per heavy atom. The normalized spacial score (nSPS) is 47.8. The number of amides is 1. The van der Waals surface area contributed by atoms with E-state index in [4.69, 9.17) is 0 Å². The molecule has 0 heterocycles. The van der Waals surface area contributed by atoms with Crippen LogP contribution in [0.5, 0.6) is 0 Å². The van der Waals surface area contributed by atoms with Gasteiger partial charge in [-0.1, -0.05) is 6.42 Å². The van der Waals surface area contributed by atoms with E-state index in [1.54, 1.807) is 0 Å². The van der Waals surface area contributed by atoms with E-state index in [-0.39, 0.29) is 12.0 Å². The number of nitrogens with one attached hydrogen (secondary N) is 1. The summed E-state index contributed by atoms with van der Waals surface area (Å²) in [5.41, 5.74) is 0.340. The largest absolute Gasteiger partial charge is 0.393 e. The van der Waals surface area contributed by atoms with Gasteiger partial charge in [0.2, 0.25) is 5.91 Å². The second-order valence-electron chi connectivity index (χ2n) is 8.66. The van der Waals surface area contributed by atoms with Gasteiger partial charge in [0.1, 0.15) is 0 Å². The van der Waals surface area contributed by atoms with Crippen LogP contribution < -0.4 is 5.32 Å². The summed E-state index contributed by atoms with van der Waals surface area (Å²) in [7, 11) is 0. The van der Waals surface area contributed by atoms with Crippen LogP contribution in [0.1, 0.15) is 64.2 Å². The van der Waals surface area contributed by atoms with E-state index in [0.717, 1.165) is 43.4 Å². The molecule has 0 aromatic carbocycles. The molecule has 0 aliphatic heterocycles. The summed E-state index contributed by atoms with van der Waals surface area (Å²) in [4.78, 5) is 12.4. The van der Waals surface area contributed by atoms with E-state index < -0.39 is 0 Å². The van der Waals surface area contributed by atoms with Gasteiger partial charge in [0.05, 0.1) is 6.10 Å². The average Bonchev–Trinajstić information content (AvgIpc) is 2.79. The number of aliphatic hydroxyl groups is 1. The third-order valence-electron chi connectivity index (χ3n) is 6.88. The van der Waals surface area contributed by atoms with Crippen molar-refractivity contribution in [1.82, 2.24) is 5.32 Å². The minimum absolute atomic E-state index is 0.190. The zero-order chi connectivity index (χ0) is 14.4. The summed E-state index contributed by atoms with van der Waals surface area (Å²) in [5, 5.41) is 13.0. The second kappa shape index (κ2) is 5.26. The van der Waals surface area contributed by atoms with E-state index in [0.29, 0.717) is 17.9 Å². The number of hydrogen-bond acceptors (Lipinski definition) is 2. The Hall–Kier alpha value is -0.570. The van der Waals surface area contributed by atoms with Crippen molar-refractivity contribution < 1.29 is 9.90 Å². The van der Waals surface area contributed by atoms with Gasteiger partial charge in [-0.05, 0) is 74.5 Å². The summed E-state index contributed by atoms with van der Waals surface area (Å²) in [6.07, 6.45) is 11.9. The molecular formula is C18H29NO2. The molecule has 5 aliphatic carbocycles. The average molecular weight is 291 g/mol. The molecule has 5 saturated carbocycles. The molecule has 5 aliphatic rings. The van der Waals surface area contributed by atoms with Crippen molar-refractivity contribution in [2.75, 3.05) is 6.54 Å². The highest BCUT2D eigenvalue weighted by Gasteiger charge is 2.51. The van der Waals surface area contributed by atoms with Crippen LogP contribution in [0.2, 0.25) is 0 Å². The molecule has 3 nitrogen and oxygen atoms in total. The smallest absolute Gasteiger partial charge is 0.220 e. The van der Waals surface area contributed by atoms with Crippen LogP contribution in [0.25, 0.3) is 0 Å². The molecule has 3 heteroatoms. The van der Waals surface area contributed by atoms with Crippen molar-refractivity contribution in [1.29, 1.82) is 0 Å². The lowest BCUT2D eigenvalue weighted by atomic mass is 9.49. The molecule has 2 unspecified atom stereocenters. The van der Waals surface area contributed by atoms with Crippen LogP contribution in [-0.2, 0) is 4.79 Å². The first-order chi connectivity index (χ1) is 10.1. The van der Waals surface area contributed by atoms with Crippen molar-refractivity contribution in [2.45, 2.75) is 70.3 Å². The van der Waals surface area contributed by atoms with E-state index in [2.05, 4.69) is 5.32 Å². The Balaban J connectivity index is 1.32. The van der Waals surface area contributed by atoms with Gasteiger partial charge in [0, 0.05) is 18.9 Å². The van der Waals surface area contributed by atoms with Gasteiger partial charge < -0.3 is 10.4 Å². The first-order valence-corrected chi connectivity index (χ1v) is 9.07. The maximum absolute atomic E-state index is 12.4. The lowest BCUT2D eigenvalue weighted by molar-refractivity contribution is -0.129. The molecule has 0 radical (unpaired) electrons. The Morgan fingerprint density at radius 3 is 2.19 bits per heavy atom. The highest BCUT2D eigenvalue weighted by molar-refractivity contribution is 5.76. The third-order valence-corrected chi connectivity index (χ3v) is 6.88. The minimum Gasteiger partial charge on any atom is -0.393 e. The van der Waals surface area contributed by atoms with Crippen molar-refractivity contribution >= 4 is 5.91 Å². The zero-order valence-electron chi connectivity index (χ0n) is 13.0. The number of aliphatic hydroxyl groups excluding tert-OH is 1. The van der Waals surface area contributed by atoms with Gasteiger partial charge in [0.25, 0.3) is 0 Å². The molecule has 2 N–H and O–H groups in total. The Morgan fingerprint density at radius 2 is 1.67 bits per heavy atom. The monoisotopic (exact) mass is 291 g/mol. The first kappa shape index (κ1) is 14.0. The molecule has 0 spiro atoms. The zero-order valence-corrected chi connectivity index (χ0v) is 13.0. The quantitative estimate of drug-likeness (QED) is 0.837. The number of hydrogen-bond donors (Lipinski definition) is 2. The summed E-state index contributed by atoms with van der Waals surface area (Å²) < 4.78 is 0. The van der Waals surface area contributed by atoms with Gasteiger partial charge >= 0.3 is 0 Å². The fraction of sp³-hybridized carbons (Fsp3) is 0.944. The van der Waals surface area contributed by atoms with Crippen LogP contribution >= 0.6 is 0 Å². The fourth-order valence-corrected chi connectivity index (χ4v) is 6.41. The summed E-state index contributed by atoms with van der Waals surface area (Å²) in [6, 6.07) is 0. The number of rotatable bonds is 4. The number of carbonyl (C=O) groups excluding carboxylic acids is 1. The van der Waals surface area contributed by atoms with Crippen molar-refractivity contribution in [2.24, 2.45) is 29.1 Å². The molecule has 0 saturated heterocycles. The highest BCUT2D eigenvalue weighted by Crippen LogP contribution is 2.61. The van der Waals surface area contributed by atoms with Crippen molar-refractivity contribution in [3.8, 4) is 0 Å². The molecule has 0 aromatic rings. The predicted octanol–water partition coefficient (Wildman–Crippen LogP) is 2.87. The van der Waals surface area contributed by atoms with Crippen molar-refractivity contribution in [3.63, 3.8) is 0 Å². The van der Waals surface area contributed by atoms with Gasteiger partial charge in [-0.15, -0.1) is 0 Å². The lowest BCUT2D eigenvalue weighted by Crippen LogP contribution is -2.48. The van der Waals surface area contributed by atoms with E-state index >= 15 is 0 Å². The maximum Gasteiger partial charge on any atom is 0.220 e. The fourth-order valence-electron chi connectivity index (χ4n) is 6.41. The van der Waals surface area contributed by atoms with Crippen LogP contribution in [0.4, 0.5) is 0 Å². The number of carbonyl (C=O) groups is 1. The van der Waals surface area contributed by atoms with Gasteiger partial charge in [-0.3, -0.25) is 4.79 Å². The SMILES string of the molecule is O=C(CC12CC3CC(CC(C3)C1)C2)NCC1CCCC1O. The van der Waals surface area contributed by atoms with Crippen molar-refractivity contribution in [3.05, 3.63) is 0 Å².